The van der Waals surface area contributed by atoms with Gasteiger partial charge in [0.1, 0.15) is 17.4 Å². The number of halogens is 1. The second-order valence-corrected chi connectivity index (χ2v) is 10.6. The number of fused-ring (bicyclic) bond motifs is 2. The average Bonchev–Trinajstić information content (AvgIpc) is 3.53. The number of carbonyl (C=O) groups excluding carboxylic acids is 2. The molecule has 8 nitrogen and oxygen atoms in total. The lowest BCUT2D eigenvalue weighted by atomic mass is 9.99. The summed E-state index contributed by atoms with van der Waals surface area (Å²) >= 11 is 1.44. The predicted octanol–water partition coefficient (Wildman–Crippen LogP) is 5.15. The number of carbonyl (C=O) groups is 2. The number of anilines is 1. The van der Waals surface area contributed by atoms with Crippen LogP contribution in [0.15, 0.2) is 42.5 Å². The van der Waals surface area contributed by atoms with Crippen LogP contribution in [0.5, 0.6) is 0 Å². The predicted molar refractivity (Wildman–Crippen MR) is 144 cm³/mol. The van der Waals surface area contributed by atoms with E-state index in [0.29, 0.717) is 23.0 Å². The van der Waals surface area contributed by atoms with Gasteiger partial charge >= 0.3 is 0 Å². The van der Waals surface area contributed by atoms with Crippen molar-refractivity contribution in [3.05, 3.63) is 54.1 Å². The highest BCUT2D eigenvalue weighted by Gasteiger charge is 2.31. The van der Waals surface area contributed by atoms with Gasteiger partial charge in [-0.2, -0.15) is 0 Å². The van der Waals surface area contributed by atoms with Crippen molar-refractivity contribution in [2.45, 2.75) is 64.1 Å². The lowest BCUT2D eigenvalue weighted by molar-refractivity contribution is -0.137. The maximum absolute atomic E-state index is 14.1. The quantitative estimate of drug-likeness (QED) is 0.297. The van der Waals surface area contributed by atoms with Gasteiger partial charge in [-0.15, -0.1) is 0 Å². The van der Waals surface area contributed by atoms with Crippen LogP contribution in [0.2, 0.25) is 0 Å². The van der Waals surface area contributed by atoms with E-state index in [1.807, 2.05) is 29.2 Å². The summed E-state index contributed by atoms with van der Waals surface area (Å²) in [6, 6.07) is 11.3. The van der Waals surface area contributed by atoms with Crippen molar-refractivity contribution in [1.82, 2.24) is 25.2 Å². The molecule has 37 heavy (non-hydrogen) atoms. The molecule has 1 aliphatic heterocycles. The number of thiazole rings is 1. The Morgan fingerprint density at radius 1 is 1.19 bits per heavy atom. The molecule has 4 aromatic rings. The number of hydrogen-bond donors (Lipinski definition) is 3. The number of para-hydroxylation sites is 2. The molecule has 3 heterocycles. The first-order valence-electron chi connectivity index (χ1n) is 12.8. The number of hydrogen-bond acceptors (Lipinski definition) is 6. The van der Waals surface area contributed by atoms with Gasteiger partial charge in [-0.25, -0.2) is 14.4 Å². The monoisotopic (exact) mass is 522 g/mol. The van der Waals surface area contributed by atoms with Crippen molar-refractivity contribution < 1.29 is 14.0 Å². The molecule has 1 fully saturated rings. The number of piperidine rings is 1. The second kappa shape index (κ2) is 10.8. The molecule has 5 rings (SSSR count). The van der Waals surface area contributed by atoms with Gasteiger partial charge in [0.25, 0.3) is 0 Å². The fourth-order valence-corrected chi connectivity index (χ4v) is 5.86. The number of aromatic amines is 1. The summed E-state index contributed by atoms with van der Waals surface area (Å²) in [5.41, 5.74) is 1.62. The SMILES string of the molecule is CC[C@H]1CCCCN1C(=O)C[C@H](Nc1nc2ccccc2s1)C(=O)N[C@@H](C)c1nc2c(F)cccc2[nH]1. The Hall–Kier alpha value is -3.53. The van der Waals surface area contributed by atoms with Gasteiger partial charge < -0.3 is 20.5 Å². The van der Waals surface area contributed by atoms with Gasteiger partial charge in [-0.05, 0) is 56.9 Å². The van der Waals surface area contributed by atoms with E-state index in [2.05, 4.69) is 32.5 Å². The van der Waals surface area contributed by atoms with Gasteiger partial charge in [-0.1, -0.05) is 36.5 Å². The summed E-state index contributed by atoms with van der Waals surface area (Å²) in [6.07, 6.45) is 3.99. The fraction of sp³-hybridized carbons (Fsp3) is 0.407. The minimum Gasteiger partial charge on any atom is -0.349 e. The summed E-state index contributed by atoms with van der Waals surface area (Å²) in [5.74, 6) is -0.364. The molecule has 0 radical (unpaired) electrons. The number of imidazole rings is 1. The van der Waals surface area contributed by atoms with Crippen molar-refractivity contribution in [3.63, 3.8) is 0 Å². The number of rotatable bonds is 8. The molecule has 0 saturated carbocycles. The highest BCUT2D eigenvalue weighted by Crippen LogP contribution is 2.27. The Labute approximate surface area is 218 Å². The fourth-order valence-electron chi connectivity index (χ4n) is 4.94. The molecule has 1 saturated heterocycles. The molecule has 0 unspecified atom stereocenters. The molecule has 10 heteroatoms. The maximum atomic E-state index is 14.1. The number of nitrogens with one attached hydrogen (secondary N) is 3. The lowest BCUT2D eigenvalue weighted by Gasteiger charge is -2.36. The van der Waals surface area contributed by atoms with Crippen LogP contribution < -0.4 is 10.6 Å². The molecule has 0 aliphatic carbocycles. The summed E-state index contributed by atoms with van der Waals surface area (Å²) in [7, 11) is 0. The van der Waals surface area contributed by atoms with Crippen LogP contribution in [0.1, 0.15) is 57.8 Å². The Morgan fingerprint density at radius 2 is 2.03 bits per heavy atom. The Kier molecular flexibility index (Phi) is 7.36. The smallest absolute Gasteiger partial charge is 0.243 e. The first-order chi connectivity index (χ1) is 17.9. The Bertz CT molecular complexity index is 1390. The third kappa shape index (κ3) is 5.44. The number of nitrogens with zero attached hydrogens (tertiary/aromatic N) is 3. The number of aromatic nitrogens is 3. The van der Waals surface area contributed by atoms with Crippen LogP contribution in [-0.2, 0) is 9.59 Å². The minimum atomic E-state index is -0.823. The normalized spacial score (nSPS) is 17.6. The van der Waals surface area contributed by atoms with Crippen molar-refractivity contribution in [2.75, 3.05) is 11.9 Å². The summed E-state index contributed by atoms with van der Waals surface area (Å²) in [5, 5.41) is 6.76. The van der Waals surface area contributed by atoms with E-state index >= 15 is 0 Å². The molecular formula is C27H31FN6O2S. The van der Waals surface area contributed by atoms with E-state index in [4.69, 9.17) is 0 Å². The summed E-state index contributed by atoms with van der Waals surface area (Å²) < 4.78 is 15.1. The standard InChI is InChI=1S/C27H31FN6O2S/c1-3-17-9-6-7-14-34(17)23(35)15-21(32-27-31-19-11-4-5-13-22(19)37-27)26(36)29-16(2)25-30-20-12-8-10-18(28)24(20)33-25/h4-5,8,10-13,16-17,21H,3,6-7,9,14-15H2,1-2H3,(H,29,36)(H,30,33)(H,31,32)/t16-,17-,21-/m0/s1. The zero-order valence-corrected chi connectivity index (χ0v) is 21.8. The number of amides is 2. The number of likely N-dealkylation sites (tertiary alicyclic amines) is 1. The number of H-pyrrole nitrogens is 1. The molecule has 0 bridgehead atoms. The van der Waals surface area contributed by atoms with E-state index in [1.165, 1.54) is 17.4 Å². The van der Waals surface area contributed by atoms with Gasteiger partial charge in [-0.3, -0.25) is 9.59 Å². The second-order valence-electron chi connectivity index (χ2n) is 9.52. The van der Waals surface area contributed by atoms with E-state index in [9.17, 15) is 14.0 Å². The molecule has 0 spiro atoms. The van der Waals surface area contributed by atoms with Crippen LogP contribution in [0, 0.1) is 5.82 Å². The van der Waals surface area contributed by atoms with Crippen LogP contribution in [-0.4, -0.2) is 50.3 Å². The largest absolute Gasteiger partial charge is 0.349 e. The lowest BCUT2D eigenvalue weighted by Crippen LogP contribution is -2.48. The van der Waals surface area contributed by atoms with Crippen molar-refractivity contribution in [1.29, 1.82) is 0 Å². The van der Waals surface area contributed by atoms with Gasteiger partial charge in [0, 0.05) is 12.6 Å². The Balaban J connectivity index is 1.36. The van der Waals surface area contributed by atoms with Crippen LogP contribution in [0.3, 0.4) is 0 Å². The minimum absolute atomic E-state index is 0.0136. The van der Waals surface area contributed by atoms with E-state index in [1.54, 1.807) is 19.1 Å². The summed E-state index contributed by atoms with van der Waals surface area (Å²) in [6.45, 7) is 4.59. The molecule has 1 aliphatic rings. The van der Waals surface area contributed by atoms with Gasteiger partial charge in [0.15, 0.2) is 10.9 Å². The number of benzene rings is 2. The van der Waals surface area contributed by atoms with Crippen molar-refractivity contribution in [3.8, 4) is 0 Å². The van der Waals surface area contributed by atoms with Crippen molar-refractivity contribution in [2.24, 2.45) is 0 Å². The van der Waals surface area contributed by atoms with E-state index in [0.717, 1.165) is 35.9 Å². The third-order valence-electron chi connectivity index (χ3n) is 6.96. The first-order valence-corrected chi connectivity index (χ1v) is 13.6. The van der Waals surface area contributed by atoms with E-state index < -0.39 is 17.9 Å². The first kappa shape index (κ1) is 25.1. The van der Waals surface area contributed by atoms with Crippen LogP contribution >= 0.6 is 11.3 Å². The van der Waals surface area contributed by atoms with Gasteiger partial charge in [0.05, 0.1) is 28.2 Å². The molecule has 2 amide bonds. The van der Waals surface area contributed by atoms with Crippen molar-refractivity contribution >= 4 is 49.5 Å². The Morgan fingerprint density at radius 3 is 2.81 bits per heavy atom. The molecular weight excluding hydrogens is 491 g/mol. The zero-order chi connectivity index (χ0) is 25.9. The highest BCUT2D eigenvalue weighted by molar-refractivity contribution is 7.22. The van der Waals surface area contributed by atoms with Gasteiger partial charge in [0.2, 0.25) is 11.8 Å². The topological polar surface area (TPSA) is 103 Å². The van der Waals surface area contributed by atoms with Crippen LogP contribution in [0.4, 0.5) is 9.52 Å². The summed E-state index contributed by atoms with van der Waals surface area (Å²) in [4.78, 5) is 40.9. The molecule has 2 aromatic carbocycles. The molecule has 2 aromatic heterocycles. The van der Waals surface area contributed by atoms with E-state index in [-0.39, 0.29) is 29.8 Å². The average molecular weight is 523 g/mol. The molecule has 194 valence electrons. The maximum Gasteiger partial charge on any atom is 0.243 e. The molecule has 3 atom stereocenters. The van der Waals surface area contributed by atoms with Crippen LogP contribution in [0.25, 0.3) is 21.3 Å². The highest BCUT2D eigenvalue weighted by atomic mass is 32.1. The molecule has 3 N–H and O–H groups in total. The zero-order valence-electron chi connectivity index (χ0n) is 21.0. The third-order valence-corrected chi connectivity index (χ3v) is 7.92.